The minimum Gasteiger partial charge on any atom is -0.365 e. The van der Waals surface area contributed by atoms with Crippen molar-refractivity contribution in [1.29, 1.82) is 0 Å². The molecular weight excluding hydrogens is 180 g/mol. The number of nitrogens with zero attached hydrogens (tertiary/aromatic N) is 1. The van der Waals surface area contributed by atoms with E-state index in [1.54, 1.807) is 0 Å². The van der Waals surface area contributed by atoms with E-state index < -0.39 is 0 Å². The summed E-state index contributed by atoms with van der Waals surface area (Å²) in [6.07, 6.45) is 2.83. The van der Waals surface area contributed by atoms with Crippen LogP contribution in [-0.4, -0.2) is 42.1 Å². The summed E-state index contributed by atoms with van der Waals surface area (Å²) in [6, 6.07) is 0.165. The van der Waals surface area contributed by atoms with Crippen molar-refractivity contribution in [3.63, 3.8) is 0 Å². The van der Waals surface area contributed by atoms with E-state index in [4.69, 9.17) is 10.5 Å². The van der Waals surface area contributed by atoms with E-state index in [1.165, 1.54) is 0 Å². The molecule has 2 unspecified atom stereocenters. The van der Waals surface area contributed by atoms with Crippen molar-refractivity contribution in [1.82, 2.24) is 4.90 Å². The quantitative estimate of drug-likeness (QED) is 0.651. The third-order valence-corrected chi connectivity index (χ3v) is 3.04. The number of hydrogen-bond acceptors (Lipinski definition) is 3. The molecule has 0 saturated carbocycles. The minimum absolute atomic E-state index is 0.141. The molecule has 80 valence electrons. The average molecular weight is 198 g/mol. The molecule has 4 heteroatoms. The fourth-order valence-electron chi connectivity index (χ4n) is 2.18. The van der Waals surface area contributed by atoms with Gasteiger partial charge in [-0.1, -0.05) is 0 Å². The fraction of sp³-hybridized carbons (Fsp3) is 0.900. The minimum atomic E-state index is -0.199. The Kier molecular flexibility index (Phi) is 2.74. The lowest BCUT2D eigenvalue weighted by Crippen LogP contribution is -2.39. The van der Waals surface area contributed by atoms with Crippen LogP contribution in [0.25, 0.3) is 0 Å². The second kappa shape index (κ2) is 3.87. The van der Waals surface area contributed by atoms with Gasteiger partial charge < -0.3 is 15.4 Å². The molecule has 2 fully saturated rings. The van der Waals surface area contributed by atoms with Crippen LogP contribution in [-0.2, 0) is 9.53 Å². The standard InChI is InChI=1S/C10H18N2O2/c1-7-2-3-9(14-7)10(13)12-5-4-8(11)6-12/h7-9H,2-6,11H2,1H3/t7?,8-,9?/m0/s1. The van der Waals surface area contributed by atoms with Crippen LogP contribution in [0.1, 0.15) is 26.2 Å². The number of carbonyl (C=O) groups excluding carboxylic acids is 1. The molecule has 2 saturated heterocycles. The van der Waals surface area contributed by atoms with Crippen LogP contribution >= 0.6 is 0 Å². The van der Waals surface area contributed by atoms with Crippen LogP contribution in [0.2, 0.25) is 0 Å². The van der Waals surface area contributed by atoms with Crippen LogP contribution in [0.15, 0.2) is 0 Å². The van der Waals surface area contributed by atoms with E-state index in [1.807, 2.05) is 11.8 Å². The smallest absolute Gasteiger partial charge is 0.251 e. The Labute approximate surface area is 84.4 Å². The molecule has 0 aromatic carbocycles. The summed E-state index contributed by atoms with van der Waals surface area (Å²) in [4.78, 5) is 13.7. The highest BCUT2D eigenvalue weighted by Gasteiger charge is 2.34. The lowest BCUT2D eigenvalue weighted by atomic mass is 10.2. The van der Waals surface area contributed by atoms with Crippen molar-refractivity contribution in [3.8, 4) is 0 Å². The molecule has 2 aliphatic rings. The van der Waals surface area contributed by atoms with Crippen LogP contribution < -0.4 is 5.73 Å². The van der Waals surface area contributed by atoms with Crippen molar-refractivity contribution in [2.24, 2.45) is 5.73 Å². The van der Waals surface area contributed by atoms with Gasteiger partial charge in [0.25, 0.3) is 5.91 Å². The van der Waals surface area contributed by atoms with Crippen LogP contribution in [0, 0.1) is 0 Å². The van der Waals surface area contributed by atoms with Crippen molar-refractivity contribution in [2.45, 2.75) is 44.4 Å². The predicted octanol–water partition coefficient (Wildman–Crippen LogP) is 0.113. The molecule has 2 N–H and O–H groups in total. The van der Waals surface area contributed by atoms with Gasteiger partial charge in [0, 0.05) is 19.1 Å². The maximum Gasteiger partial charge on any atom is 0.251 e. The highest BCUT2D eigenvalue weighted by molar-refractivity contribution is 5.81. The van der Waals surface area contributed by atoms with Gasteiger partial charge in [-0.25, -0.2) is 0 Å². The highest BCUT2D eigenvalue weighted by Crippen LogP contribution is 2.22. The molecule has 3 atom stereocenters. The topological polar surface area (TPSA) is 55.6 Å². The summed E-state index contributed by atoms with van der Waals surface area (Å²) < 4.78 is 5.54. The van der Waals surface area contributed by atoms with E-state index in [-0.39, 0.29) is 24.2 Å². The molecule has 0 spiro atoms. The van der Waals surface area contributed by atoms with Gasteiger partial charge in [0.15, 0.2) is 0 Å². The van der Waals surface area contributed by atoms with Gasteiger partial charge in [-0.15, -0.1) is 0 Å². The number of likely N-dealkylation sites (tertiary alicyclic amines) is 1. The Morgan fingerprint density at radius 3 is 2.71 bits per heavy atom. The second-order valence-electron chi connectivity index (χ2n) is 4.35. The van der Waals surface area contributed by atoms with Crippen LogP contribution in [0.5, 0.6) is 0 Å². The number of carbonyl (C=O) groups is 1. The Morgan fingerprint density at radius 1 is 1.43 bits per heavy atom. The number of ether oxygens (including phenoxy) is 1. The van der Waals surface area contributed by atoms with Gasteiger partial charge >= 0.3 is 0 Å². The van der Waals surface area contributed by atoms with Gasteiger partial charge in [0.2, 0.25) is 0 Å². The van der Waals surface area contributed by atoms with Crippen LogP contribution in [0.4, 0.5) is 0 Å². The van der Waals surface area contributed by atoms with E-state index in [2.05, 4.69) is 0 Å². The number of hydrogen-bond donors (Lipinski definition) is 1. The number of nitrogens with two attached hydrogens (primary N) is 1. The summed E-state index contributed by atoms with van der Waals surface area (Å²) in [5, 5.41) is 0. The molecule has 0 aromatic rings. The van der Waals surface area contributed by atoms with Gasteiger partial charge in [0.05, 0.1) is 6.10 Å². The first kappa shape index (κ1) is 9.93. The molecule has 14 heavy (non-hydrogen) atoms. The maximum absolute atomic E-state index is 11.9. The Balaban J connectivity index is 1.89. The molecule has 2 rings (SSSR count). The Morgan fingerprint density at radius 2 is 2.21 bits per heavy atom. The number of amides is 1. The van der Waals surface area contributed by atoms with Gasteiger partial charge in [-0.05, 0) is 26.2 Å². The summed E-state index contributed by atoms with van der Waals surface area (Å²) >= 11 is 0. The van der Waals surface area contributed by atoms with Crippen LogP contribution in [0.3, 0.4) is 0 Å². The first-order valence-corrected chi connectivity index (χ1v) is 5.36. The predicted molar refractivity (Wildman–Crippen MR) is 52.7 cm³/mol. The van der Waals surface area contributed by atoms with Gasteiger partial charge in [0.1, 0.15) is 6.10 Å². The molecule has 2 aliphatic heterocycles. The normalized spacial score (nSPS) is 37.9. The molecule has 1 amide bonds. The Hall–Kier alpha value is -0.610. The molecule has 4 nitrogen and oxygen atoms in total. The van der Waals surface area contributed by atoms with Gasteiger partial charge in [-0.3, -0.25) is 4.79 Å². The lowest BCUT2D eigenvalue weighted by Gasteiger charge is -2.20. The maximum atomic E-state index is 11.9. The summed E-state index contributed by atoms with van der Waals surface area (Å²) in [6.45, 7) is 3.52. The molecule has 0 bridgehead atoms. The zero-order valence-corrected chi connectivity index (χ0v) is 8.61. The largest absolute Gasteiger partial charge is 0.365 e. The van der Waals surface area contributed by atoms with E-state index in [9.17, 15) is 4.79 Å². The molecule has 0 radical (unpaired) electrons. The molecule has 0 aromatic heterocycles. The van der Waals surface area contributed by atoms with Crippen molar-refractivity contribution >= 4 is 5.91 Å². The first-order valence-electron chi connectivity index (χ1n) is 5.36. The Bertz CT molecular complexity index is 210. The second-order valence-corrected chi connectivity index (χ2v) is 4.35. The molecule has 0 aliphatic carbocycles. The lowest BCUT2D eigenvalue weighted by molar-refractivity contribution is -0.141. The van der Waals surface area contributed by atoms with Crippen molar-refractivity contribution < 1.29 is 9.53 Å². The zero-order valence-electron chi connectivity index (χ0n) is 8.61. The molecular formula is C10H18N2O2. The zero-order chi connectivity index (χ0) is 10.1. The van der Waals surface area contributed by atoms with E-state index in [0.29, 0.717) is 6.54 Å². The van der Waals surface area contributed by atoms with Gasteiger partial charge in [-0.2, -0.15) is 0 Å². The van der Waals surface area contributed by atoms with Crippen molar-refractivity contribution in [2.75, 3.05) is 13.1 Å². The fourth-order valence-corrected chi connectivity index (χ4v) is 2.18. The number of rotatable bonds is 1. The molecule has 2 heterocycles. The van der Waals surface area contributed by atoms with Crippen molar-refractivity contribution in [3.05, 3.63) is 0 Å². The van der Waals surface area contributed by atoms with E-state index in [0.717, 1.165) is 25.8 Å². The summed E-state index contributed by atoms with van der Waals surface area (Å²) in [5.74, 6) is 0.141. The average Bonchev–Trinajstić information content (AvgIpc) is 2.73. The monoisotopic (exact) mass is 198 g/mol. The highest BCUT2D eigenvalue weighted by atomic mass is 16.5. The SMILES string of the molecule is CC1CCC(C(=O)N2CC[C@H](N)C2)O1. The third kappa shape index (κ3) is 1.91. The third-order valence-electron chi connectivity index (χ3n) is 3.04. The van der Waals surface area contributed by atoms with E-state index >= 15 is 0 Å². The first-order chi connectivity index (χ1) is 6.66. The summed E-state index contributed by atoms with van der Waals surface area (Å²) in [7, 11) is 0. The summed E-state index contributed by atoms with van der Waals surface area (Å²) in [5.41, 5.74) is 5.75.